The van der Waals surface area contributed by atoms with E-state index in [4.69, 9.17) is 0 Å². The van der Waals surface area contributed by atoms with E-state index in [1.54, 1.807) is 6.20 Å². The van der Waals surface area contributed by atoms with Crippen LogP contribution in [0.4, 0.5) is 0 Å². The molecule has 2 heteroatoms. The molecule has 2 rings (SSSR count). The highest BCUT2D eigenvalue weighted by atomic mass is 15.1. The van der Waals surface area contributed by atoms with Crippen LogP contribution in [0.3, 0.4) is 0 Å². The number of aromatic amines is 1. The summed E-state index contributed by atoms with van der Waals surface area (Å²) in [5.74, 6) is 0. The van der Waals surface area contributed by atoms with Gasteiger partial charge >= 0.3 is 0 Å². The van der Waals surface area contributed by atoms with Gasteiger partial charge in [-0.05, 0) is 24.6 Å². The van der Waals surface area contributed by atoms with Gasteiger partial charge in [-0.3, -0.25) is 5.10 Å². The van der Waals surface area contributed by atoms with E-state index in [9.17, 15) is 0 Å². The minimum Gasteiger partial charge on any atom is -0.278 e. The van der Waals surface area contributed by atoms with E-state index in [2.05, 4.69) is 35.3 Å². The monoisotopic (exact) mass is 218 g/mol. The van der Waals surface area contributed by atoms with Crippen molar-refractivity contribution in [2.75, 3.05) is 0 Å². The van der Waals surface area contributed by atoms with Gasteiger partial charge in [-0.15, -0.1) is 0 Å². The summed E-state index contributed by atoms with van der Waals surface area (Å²) >= 11 is 0. The van der Waals surface area contributed by atoms with Crippen LogP contribution in [0.5, 0.6) is 0 Å². The van der Waals surface area contributed by atoms with Crippen molar-refractivity contribution < 1.29 is 0 Å². The van der Waals surface area contributed by atoms with Gasteiger partial charge in [-0.25, -0.2) is 0 Å². The van der Waals surface area contributed by atoms with Crippen molar-refractivity contribution in [3.8, 4) is 11.3 Å². The molecule has 1 N–H and O–H groups in total. The molecule has 0 unspecified atom stereocenters. The molecule has 2 nitrogen and oxygen atoms in total. The van der Waals surface area contributed by atoms with Gasteiger partial charge in [0.05, 0.1) is 5.69 Å². The van der Waals surface area contributed by atoms with Crippen molar-refractivity contribution in [2.45, 2.75) is 34.6 Å². The molecular formula is C14H22N2. The molecule has 0 amide bonds. The zero-order valence-electron chi connectivity index (χ0n) is 10.9. The summed E-state index contributed by atoms with van der Waals surface area (Å²) < 4.78 is 0. The predicted octanol–water partition coefficient (Wildman–Crippen LogP) is 4.44. The van der Waals surface area contributed by atoms with Crippen LogP contribution in [-0.2, 0) is 0 Å². The minimum atomic E-state index is 1.07. The Labute approximate surface area is 98.7 Å². The fourth-order valence-corrected chi connectivity index (χ4v) is 1.23. The molecule has 2 aromatic rings. The Kier molecular flexibility index (Phi) is 7.86. The number of nitrogens with one attached hydrogen (secondary N) is 1. The molecule has 16 heavy (non-hydrogen) atoms. The van der Waals surface area contributed by atoms with Crippen LogP contribution < -0.4 is 0 Å². The lowest BCUT2D eigenvalue weighted by Crippen LogP contribution is -1.78. The lowest BCUT2D eigenvalue weighted by molar-refractivity contribution is 1.09. The van der Waals surface area contributed by atoms with Crippen LogP contribution in [0, 0.1) is 6.92 Å². The summed E-state index contributed by atoms with van der Waals surface area (Å²) in [4.78, 5) is 0. The van der Waals surface area contributed by atoms with Gasteiger partial charge in [0, 0.05) is 6.20 Å². The normalized spacial score (nSPS) is 8.31. The van der Waals surface area contributed by atoms with Gasteiger partial charge in [0.25, 0.3) is 0 Å². The molecule has 0 atom stereocenters. The number of H-pyrrole nitrogens is 1. The number of benzene rings is 1. The molecule has 0 saturated heterocycles. The van der Waals surface area contributed by atoms with E-state index in [0.717, 1.165) is 5.69 Å². The van der Waals surface area contributed by atoms with Crippen molar-refractivity contribution in [1.29, 1.82) is 0 Å². The largest absolute Gasteiger partial charge is 0.278 e. The zero-order valence-corrected chi connectivity index (χ0v) is 10.9. The van der Waals surface area contributed by atoms with Crippen LogP contribution in [0.25, 0.3) is 11.3 Å². The number of hydrogen-bond acceptors (Lipinski definition) is 1. The molecule has 0 radical (unpaired) electrons. The first kappa shape index (κ1) is 14.4. The third-order valence-corrected chi connectivity index (χ3v) is 1.83. The fraction of sp³-hybridized carbons (Fsp3) is 0.357. The third kappa shape index (κ3) is 4.30. The molecule has 0 saturated carbocycles. The Hall–Kier alpha value is -1.57. The molecule has 0 fully saturated rings. The molecule has 1 aromatic carbocycles. The number of aryl methyl sites for hydroxylation is 1. The van der Waals surface area contributed by atoms with Crippen molar-refractivity contribution in [1.82, 2.24) is 10.2 Å². The summed E-state index contributed by atoms with van der Waals surface area (Å²) in [5.41, 5.74) is 3.52. The second-order valence-electron chi connectivity index (χ2n) is 2.84. The van der Waals surface area contributed by atoms with Gasteiger partial charge < -0.3 is 0 Å². The highest BCUT2D eigenvalue weighted by Crippen LogP contribution is 2.16. The standard InChI is InChI=1S/C10H10N2.2C2H6/c1-8-3-2-4-9(7-8)10-5-6-11-12-10;2*1-2/h2-7H,1H3,(H,11,12);2*1-2H3. The maximum absolute atomic E-state index is 3.90. The average molecular weight is 218 g/mol. The van der Waals surface area contributed by atoms with E-state index in [-0.39, 0.29) is 0 Å². The first-order chi connectivity index (χ1) is 7.86. The Morgan fingerprint density at radius 3 is 2.19 bits per heavy atom. The van der Waals surface area contributed by atoms with Gasteiger partial charge in [0.1, 0.15) is 0 Å². The summed E-state index contributed by atoms with van der Waals surface area (Å²) in [6, 6.07) is 10.3. The number of hydrogen-bond donors (Lipinski definition) is 1. The van der Waals surface area contributed by atoms with Crippen LogP contribution >= 0.6 is 0 Å². The second-order valence-corrected chi connectivity index (χ2v) is 2.84. The van der Waals surface area contributed by atoms with Crippen LogP contribution in [-0.4, -0.2) is 10.2 Å². The predicted molar refractivity (Wildman–Crippen MR) is 71.5 cm³/mol. The van der Waals surface area contributed by atoms with Crippen molar-refractivity contribution in [2.24, 2.45) is 0 Å². The Bertz CT molecular complexity index is 364. The van der Waals surface area contributed by atoms with E-state index in [0.29, 0.717) is 0 Å². The van der Waals surface area contributed by atoms with Gasteiger partial charge in [0.15, 0.2) is 0 Å². The summed E-state index contributed by atoms with van der Waals surface area (Å²) in [7, 11) is 0. The molecule has 88 valence electrons. The first-order valence-corrected chi connectivity index (χ1v) is 5.93. The molecule has 1 aromatic heterocycles. The van der Waals surface area contributed by atoms with Crippen molar-refractivity contribution >= 4 is 0 Å². The third-order valence-electron chi connectivity index (χ3n) is 1.83. The van der Waals surface area contributed by atoms with Gasteiger partial charge in [-0.1, -0.05) is 51.5 Å². The number of rotatable bonds is 1. The van der Waals surface area contributed by atoms with Gasteiger partial charge in [0.2, 0.25) is 0 Å². The lowest BCUT2D eigenvalue weighted by Gasteiger charge is -1.97. The first-order valence-electron chi connectivity index (χ1n) is 5.93. The summed E-state index contributed by atoms with van der Waals surface area (Å²) in [5, 5.41) is 6.83. The van der Waals surface area contributed by atoms with E-state index >= 15 is 0 Å². The van der Waals surface area contributed by atoms with Crippen LogP contribution in [0.2, 0.25) is 0 Å². The van der Waals surface area contributed by atoms with Gasteiger partial charge in [-0.2, -0.15) is 5.10 Å². The topological polar surface area (TPSA) is 28.7 Å². The lowest BCUT2D eigenvalue weighted by atomic mass is 10.1. The highest BCUT2D eigenvalue weighted by molar-refractivity contribution is 5.59. The molecule has 0 aliphatic rings. The van der Waals surface area contributed by atoms with Crippen LogP contribution in [0.15, 0.2) is 36.5 Å². The highest BCUT2D eigenvalue weighted by Gasteiger charge is 1.96. The Balaban J connectivity index is 0.000000509. The molecule has 0 bridgehead atoms. The van der Waals surface area contributed by atoms with E-state index in [1.807, 2.05) is 39.8 Å². The molecule has 0 aliphatic heterocycles. The van der Waals surface area contributed by atoms with Crippen molar-refractivity contribution in [3.63, 3.8) is 0 Å². The van der Waals surface area contributed by atoms with E-state index < -0.39 is 0 Å². The fourth-order valence-electron chi connectivity index (χ4n) is 1.23. The molecule has 0 spiro atoms. The Morgan fingerprint density at radius 2 is 1.69 bits per heavy atom. The summed E-state index contributed by atoms with van der Waals surface area (Å²) in [6.07, 6.45) is 1.76. The smallest absolute Gasteiger partial charge is 0.0650 e. The molecule has 1 heterocycles. The maximum Gasteiger partial charge on any atom is 0.0650 e. The minimum absolute atomic E-state index is 1.07. The number of nitrogens with zero attached hydrogens (tertiary/aromatic N) is 1. The second kappa shape index (κ2) is 8.72. The van der Waals surface area contributed by atoms with Crippen molar-refractivity contribution in [3.05, 3.63) is 42.1 Å². The summed E-state index contributed by atoms with van der Waals surface area (Å²) in [6.45, 7) is 10.1. The SMILES string of the molecule is CC.CC.Cc1cccc(-c2ccn[nH]2)c1. The zero-order chi connectivity index (χ0) is 12.4. The average Bonchev–Trinajstić information content (AvgIpc) is 2.88. The molecular weight excluding hydrogens is 196 g/mol. The Morgan fingerprint density at radius 1 is 1.00 bits per heavy atom. The van der Waals surface area contributed by atoms with E-state index in [1.165, 1.54) is 11.1 Å². The van der Waals surface area contributed by atoms with Crippen LogP contribution in [0.1, 0.15) is 33.3 Å². The number of aromatic nitrogens is 2. The molecule has 0 aliphatic carbocycles. The quantitative estimate of drug-likeness (QED) is 0.753. The maximum atomic E-state index is 3.90.